The number of nitrogens with zero attached hydrogens (tertiary/aromatic N) is 1. The Hall–Kier alpha value is -1.28. The number of rotatable bonds is 38. The van der Waals surface area contributed by atoms with Crippen LogP contribution in [0.25, 0.3) is 0 Å². The molecule has 0 rings (SSSR count). The second-order valence-electron chi connectivity index (χ2n) is 15.7. The quantitative estimate of drug-likeness (QED) is 0.0251. The van der Waals surface area contributed by atoms with Crippen molar-refractivity contribution in [2.24, 2.45) is 0 Å². The molecule has 8 nitrogen and oxygen atoms in total. The minimum atomic E-state index is -4.30. The fraction of sp³-hybridized carbons (Fsp3) is 0.837. The molecule has 0 bridgehead atoms. The Morgan fingerprint density at radius 3 is 1.60 bits per heavy atom. The minimum absolute atomic E-state index is 0.0717. The predicted octanol–water partition coefficient (Wildman–Crippen LogP) is 11.5. The van der Waals surface area contributed by atoms with Crippen LogP contribution in [0.15, 0.2) is 36.5 Å². The number of likely N-dealkylation sites (N-methyl/N-ethyl adjacent to an activating group) is 1. The molecular weight excluding hydrogens is 671 g/mol. The van der Waals surface area contributed by atoms with Gasteiger partial charge < -0.3 is 19.8 Å². The molecular formula is C43H84N2O6P+. The number of aliphatic hydroxyl groups is 1. The third kappa shape index (κ3) is 37.1. The summed E-state index contributed by atoms with van der Waals surface area (Å²) in [7, 11) is 1.60. The summed E-state index contributed by atoms with van der Waals surface area (Å²) in [5.74, 6) is -0.158. The summed E-state index contributed by atoms with van der Waals surface area (Å²) in [6.45, 7) is 4.81. The second-order valence-corrected chi connectivity index (χ2v) is 17.2. The summed E-state index contributed by atoms with van der Waals surface area (Å²) in [4.78, 5) is 23.0. The Morgan fingerprint density at radius 1 is 0.654 bits per heavy atom. The first-order valence-corrected chi connectivity index (χ1v) is 22.8. The molecule has 0 aromatic carbocycles. The van der Waals surface area contributed by atoms with Crippen LogP contribution >= 0.6 is 7.82 Å². The molecule has 0 aromatic rings. The van der Waals surface area contributed by atoms with Crippen LogP contribution in [-0.2, 0) is 18.4 Å². The van der Waals surface area contributed by atoms with Gasteiger partial charge >= 0.3 is 7.82 Å². The monoisotopic (exact) mass is 756 g/mol. The van der Waals surface area contributed by atoms with Crippen molar-refractivity contribution >= 4 is 13.7 Å². The molecule has 52 heavy (non-hydrogen) atoms. The van der Waals surface area contributed by atoms with Gasteiger partial charge in [0.15, 0.2) is 0 Å². The van der Waals surface area contributed by atoms with Gasteiger partial charge in [0.2, 0.25) is 5.91 Å². The largest absolute Gasteiger partial charge is 0.472 e. The van der Waals surface area contributed by atoms with Crippen molar-refractivity contribution in [3.63, 3.8) is 0 Å². The summed E-state index contributed by atoms with van der Waals surface area (Å²) in [5.41, 5.74) is 0. The Balaban J connectivity index is 4.19. The normalized spacial score (nSPS) is 14.8. The zero-order chi connectivity index (χ0) is 38.6. The highest BCUT2D eigenvalue weighted by atomic mass is 31.2. The first-order chi connectivity index (χ1) is 25.0. The average molecular weight is 756 g/mol. The van der Waals surface area contributed by atoms with Gasteiger partial charge in [-0.1, -0.05) is 159 Å². The summed E-state index contributed by atoms with van der Waals surface area (Å²) in [6.07, 6.45) is 41.9. The third-order valence-corrected chi connectivity index (χ3v) is 10.4. The third-order valence-electron chi connectivity index (χ3n) is 9.39. The summed E-state index contributed by atoms with van der Waals surface area (Å²) in [5, 5.41) is 13.8. The van der Waals surface area contributed by atoms with Crippen molar-refractivity contribution < 1.29 is 32.9 Å². The van der Waals surface area contributed by atoms with Crippen LogP contribution in [0.4, 0.5) is 0 Å². The number of aliphatic hydroxyl groups excluding tert-OH is 1. The summed E-state index contributed by atoms with van der Waals surface area (Å²) in [6, 6.07) is -0.761. The first-order valence-electron chi connectivity index (χ1n) is 21.4. The van der Waals surface area contributed by atoms with Crippen LogP contribution in [0.2, 0.25) is 0 Å². The summed E-state index contributed by atoms with van der Waals surface area (Å²) >= 11 is 0. The van der Waals surface area contributed by atoms with Gasteiger partial charge in [-0.15, -0.1) is 0 Å². The molecule has 3 unspecified atom stereocenters. The van der Waals surface area contributed by atoms with Crippen molar-refractivity contribution in [1.82, 2.24) is 5.32 Å². The van der Waals surface area contributed by atoms with Gasteiger partial charge in [0.05, 0.1) is 39.9 Å². The van der Waals surface area contributed by atoms with Gasteiger partial charge in [-0.2, -0.15) is 0 Å². The molecule has 0 saturated carbocycles. The highest BCUT2D eigenvalue weighted by Gasteiger charge is 2.28. The maximum Gasteiger partial charge on any atom is 0.472 e. The van der Waals surface area contributed by atoms with E-state index in [-0.39, 0.29) is 19.1 Å². The molecule has 0 aliphatic carbocycles. The zero-order valence-electron chi connectivity index (χ0n) is 34.5. The van der Waals surface area contributed by atoms with Gasteiger partial charge in [-0.05, 0) is 51.4 Å². The molecule has 0 aliphatic rings. The van der Waals surface area contributed by atoms with Crippen LogP contribution in [0.5, 0.6) is 0 Å². The number of carbonyl (C=O) groups is 1. The van der Waals surface area contributed by atoms with E-state index in [0.29, 0.717) is 23.9 Å². The number of carbonyl (C=O) groups excluding carboxylic acids is 1. The number of phosphoric acid groups is 1. The van der Waals surface area contributed by atoms with Crippen molar-refractivity contribution in [2.45, 2.75) is 193 Å². The van der Waals surface area contributed by atoms with Gasteiger partial charge in [0.25, 0.3) is 0 Å². The number of allylic oxidation sites excluding steroid dienone is 6. The Kier molecular flexibility index (Phi) is 34.6. The molecule has 3 atom stereocenters. The molecule has 0 heterocycles. The summed E-state index contributed by atoms with van der Waals surface area (Å²) < 4.78 is 23.5. The van der Waals surface area contributed by atoms with E-state index in [2.05, 4.69) is 55.6 Å². The van der Waals surface area contributed by atoms with E-state index in [1.807, 2.05) is 21.1 Å². The molecule has 3 N–H and O–H groups in total. The van der Waals surface area contributed by atoms with Gasteiger partial charge in [0, 0.05) is 6.42 Å². The number of phosphoric ester groups is 1. The second kappa shape index (κ2) is 35.4. The molecule has 0 aromatic heterocycles. The number of quaternary nitrogens is 1. The molecule has 0 saturated heterocycles. The maximum absolute atomic E-state index is 12.8. The standard InChI is InChI=1S/C43H83N2O6P/c1-6-8-10-12-14-15-16-17-18-19-20-21-22-23-24-25-26-27-28-29-31-33-35-37-43(47)44-41(42(46)36-34-32-30-13-11-9-7-2)40-51-52(48,49)50-39-38-45(3,4)5/h16-17,19-20,22-23,41-42,46H,6-15,18,21,24-40H2,1-5H3,(H-,44,47,48,49)/p+1/b17-16-,20-19-,23-22-. The first kappa shape index (κ1) is 50.7. The molecule has 9 heteroatoms. The highest BCUT2D eigenvalue weighted by Crippen LogP contribution is 2.43. The molecule has 0 radical (unpaired) electrons. The smallest absolute Gasteiger partial charge is 0.391 e. The molecule has 306 valence electrons. The lowest BCUT2D eigenvalue weighted by molar-refractivity contribution is -0.870. The fourth-order valence-corrected chi connectivity index (χ4v) is 6.67. The van der Waals surface area contributed by atoms with Crippen molar-refractivity contribution in [2.75, 3.05) is 40.9 Å². The van der Waals surface area contributed by atoms with E-state index in [1.165, 1.54) is 96.3 Å². The average Bonchev–Trinajstić information content (AvgIpc) is 3.09. The van der Waals surface area contributed by atoms with E-state index in [1.54, 1.807) is 0 Å². The van der Waals surface area contributed by atoms with E-state index in [4.69, 9.17) is 9.05 Å². The Bertz CT molecular complexity index is 948. The minimum Gasteiger partial charge on any atom is -0.391 e. The Labute approximate surface area is 321 Å². The van der Waals surface area contributed by atoms with Crippen molar-refractivity contribution in [3.05, 3.63) is 36.5 Å². The molecule has 0 spiro atoms. The van der Waals surface area contributed by atoms with Gasteiger partial charge in [0.1, 0.15) is 13.2 Å². The van der Waals surface area contributed by atoms with E-state index >= 15 is 0 Å². The van der Waals surface area contributed by atoms with E-state index in [0.717, 1.165) is 57.8 Å². The molecule has 1 amide bonds. The highest BCUT2D eigenvalue weighted by molar-refractivity contribution is 7.47. The topological polar surface area (TPSA) is 105 Å². The number of hydrogen-bond acceptors (Lipinski definition) is 5. The number of amides is 1. The van der Waals surface area contributed by atoms with Crippen molar-refractivity contribution in [1.29, 1.82) is 0 Å². The molecule has 0 aliphatic heterocycles. The fourth-order valence-electron chi connectivity index (χ4n) is 5.93. The lowest BCUT2D eigenvalue weighted by atomic mass is 10.0. The van der Waals surface area contributed by atoms with E-state index < -0.39 is 20.0 Å². The lowest BCUT2D eigenvalue weighted by Gasteiger charge is -2.26. The SMILES string of the molecule is CCCCCCC/C=C\C/C=C\C/C=C\CCCCCCCCCCC(=O)NC(COP(=O)(O)OCC[N+](C)(C)C)C(O)CCCCCCCCC. The van der Waals surface area contributed by atoms with Gasteiger partial charge in [-0.25, -0.2) is 4.57 Å². The Morgan fingerprint density at radius 2 is 1.10 bits per heavy atom. The van der Waals surface area contributed by atoms with Crippen LogP contribution < -0.4 is 5.32 Å². The van der Waals surface area contributed by atoms with Crippen LogP contribution in [0.1, 0.15) is 181 Å². The number of nitrogens with one attached hydrogen (secondary N) is 1. The van der Waals surface area contributed by atoms with Gasteiger partial charge in [-0.3, -0.25) is 13.8 Å². The lowest BCUT2D eigenvalue weighted by Crippen LogP contribution is -2.46. The van der Waals surface area contributed by atoms with Crippen molar-refractivity contribution in [3.8, 4) is 0 Å². The number of hydrogen-bond donors (Lipinski definition) is 3. The van der Waals surface area contributed by atoms with E-state index in [9.17, 15) is 19.4 Å². The van der Waals surface area contributed by atoms with Crippen LogP contribution in [-0.4, -0.2) is 73.4 Å². The van der Waals surface area contributed by atoms with Crippen LogP contribution in [0, 0.1) is 0 Å². The number of unbranched alkanes of at least 4 members (excludes halogenated alkanes) is 19. The zero-order valence-corrected chi connectivity index (χ0v) is 35.4. The predicted molar refractivity (Wildman–Crippen MR) is 221 cm³/mol. The molecule has 0 fully saturated rings. The maximum atomic E-state index is 12.8. The van der Waals surface area contributed by atoms with Crippen LogP contribution in [0.3, 0.4) is 0 Å².